The summed E-state index contributed by atoms with van der Waals surface area (Å²) in [4.78, 5) is 28.3. The predicted octanol–water partition coefficient (Wildman–Crippen LogP) is 2.84. The maximum Gasteiger partial charge on any atom is 0.253 e. The Morgan fingerprint density at radius 3 is 2.40 bits per heavy atom. The Balaban J connectivity index is 1.98. The van der Waals surface area contributed by atoms with Gasteiger partial charge < -0.3 is 15.1 Å². The zero-order valence-corrected chi connectivity index (χ0v) is 15.0. The maximum atomic E-state index is 12.4. The van der Waals surface area contributed by atoms with E-state index < -0.39 is 0 Å². The van der Waals surface area contributed by atoms with Gasteiger partial charge in [0.05, 0.1) is 6.54 Å². The summed E-state index contributed by atoms with van der Waals surface area (Å²) in [6, 6.07) is 5.59. The molecular weight excluding hydrogens is 314 g/mol. The number of amides is 2. The van der Waals surface area contributed by atoms with Gasteiger partial charge in [-0.25, -0.2) is 0 Å². The molecule has 0 bridgehead atoms. The number of nitrogens with zero attached hydrogens (tertiary/aromatic N) is 2. The summed E-state index contributed by atoms with van der Waals surface area (Å²) >= 11 is 0. The van der Waals surface area contributed by atoms with Gasteiger partial charge in [0, 0.05) is 37.4 Å². The molecule has 1 heterocycles. The van der Waals surface area contributed by atoms with E-state index in [-0.39, 0.29) is 18.4 Å². The summed E-state index contributed by atoms with van der Waals surface area (Å²) in [5, 5.41) is 3.16. The fourth-order valence-corrected chi connectivity index (χ4v) is 2.97. The number of carbonyl (C=O) groups is 2. The SMILES string of the molecule is C=CCN(CC=C)C(=O)CNc1ccc(C(=O)N2CCCC2)cc1C. The summed E-state index contributed by atoms with van der Waals surface area (Å²) in [7, 11) is 0. The molecule has 0 spiro atoms. The molecule has 1 aliphatic heterocycles. The first-order valence-corrected chi connectivity index (χ1v) is 8.70. The highest BCUT2D eigenvalue weighted by Gasteiger charge is 2.20. The Morgan fingerprint density at radius 1 is 1.20 bits per heavy atom. The van der Waals surface area contributed by atoms with Crippen molar-refractivity contribution in [3.8, 4) is 0 Å². The van der Waals surface area contributed by atoms with Crippen LogP contribution >= 0.6 is 0 Å². The Morgan fingerprint density at radius 2 is 1.84 bits per heavy atom. The van der Waals surface area contributed by atoms with E-state index in [9.17, 15) is 9.59 Å². The molecule has 1 aliphatic rings. The van der Waals surface area contributed by atoms with Crippen LogP contribution in [0.25, 0.3) is 0 Å². The summed E-state index contributed by atoms with van der Waals surface area (Å²) in [6.07, 6.45) is 5.56. The number of carbonyl (C=O) groups excluding carboxylic acids is 2. The maximum absolute atomic E-state index is 12.4. The molecule has 1 saturated heterocycles. The Labute approximate surface area is 150 Å². The lowest BCUT2D eigenvalue weighted by Crippen LogP contribution is -2.35. The highest BCUT2D eigenvalue weighted by atomic mass is 16.2. The van der Waals surface area contributed by atoms with Gasteiger partial charge >= 0.3 is 0 Å². The number of anilines is 1. The second-order valence-electron chi connectivity index (χ2n) is 6.26. The molecule has 1 fully saturated rings. The first-order chi connectivity index (χ1) is 12.1. The fourth-order valence-electron chi connectivity index (χ4n) is 2.97. The molecule has 0 unspecified atom stereocenters. The van der Waals surface area contributed by atoms with Gasteiger partial charge in [-0.3, -0.25) is 9.59 Å². The third kappa shape index (κ3) is 4.95. The van der Waals surface area contributed by atoms with Crippen molar-refractivity contribution in [1.82, 2.24) is 9.80 Å². The molecule has 5 nitrogen and oxygen atoms in total. The van der Waals surface area contributed by atoms with E-state index in [1.807, 2.05) is 30.0 Å². The minimum absolute atomic E-state index is 0.0172. The second kappa shape index (κ2) is 9.06. The van der Waals surface area contributed by atoms with Crippen LogP contribution in [-0.2, 0) is 4.79 Å². The van der Waals surface area contributed by atoms with E-state index in [1.54, 1.807) is 17.1 Å². The number of rotatable bonds is 8. The standard InChI is InChI=1S/C20H27N3O2/c1-4-10-22(11-5-2)19(24)15-21-18-9-8-17(14-16(18)3)20(25)23-12-6-7-13-23/h4-5,8-9,14,21H,1-2,6-7,10-13,15H2,3H3. The third-order valence-corrected chi connectivity index (χ3v) is 4.35. The lowest BCUT2D eigenvalue weighted by molar-refractivity contribution is -0.128. The van der Waals surface area contributed by atoms with Crippen LogP contribution in [0.4, 0.5) is 5.69 Å². The lowest BCUT2D eigenvalue weighted by atomic mass is 10.1. The van der Waals surface area contributed by atoms with Crippen LogP contribution in [0, 0.1) is 6.92 Å². The first-order valence-electron chi connectivity index (χ1n) is 8.70. The molecule has 0 radical (unpaired) electrons. The third-order valence-electron chi connectivity index (χ3n) is 4.35. The minimum atomic E-state index is -0.0172. The minimum Gasteiger partial charge on any atom is -0.376 e. The molecule has 134 valence electrons. The van der Waals surface area contributed by atoms with Crippen molar-refractivity contribution in [2.75, 3.05) is 38.0 Å². The van der Waals surface area contributed by atoms with E-state index in [4.69, 9.17) is 0 Å². The number of hydrogen-bond donors (Lipinski definition) is 1. The summed E-state index contributed by atoms with van der Waals surface area (Å²) in [5.74, 6) is 0.0720. The predicted molar refractivity (Wildman–Crippen MR) is 102 cm³/mol. The molecule has 0 saturated carbocycles. The van der Waals surface area contributed by atoms with E-state index in [0.717, 1.165) is 37.2 Å². The first kappa shape index (κ1) is 18.8. The van der Waals surface area contributed by atoms with Crippen molar-refractivity contribution < 1.29 is 9.59 Å². The fraction of sp³-hybridized carbons (Fsp3) is 0.400. The van der Waals surface area contributed by atoms with Crippen molar-refractivity contribution in [3.05, 3.63) is 54.6 Å². The van der Waals surface area contributed by atoms with Gasteiger partial charge in [0.2, 0.25) is 5.91 Å². The van der Waals surface area contributed by atoms with Crippen LogP contribution in [0.5, 0.6) is 0 Å². The van der Waals surface area contributed by atoms with E-state index in [1.165, 1.54) is 0 Å². The number of benzene rings is 1. The quantitative estimate of drug-likeness (QED) is 0.740. The lowest BCUT2D eigenvalue weighted by Gasteiger charge is -2.20. The highest BCUT2D eigenvalue weighted by molar-refractivity contribution is 5.95. The molecule has 1 N–H and O–H groups in total. The second-order valence-corrected chi connectivity index (χ2v) is 6.26. The largest absolute Gasteiger partial charge is 0.376 e. The zero-order chi connectivity index (χ0) is 18.2. The van der Waals surface area contributed by atoms with E-state index >= 15 is 0 Å². The highest BCUT2D eigenvalue weighted by Crippen LogP contribution is 2.19. The Kier molecular flexibility index (Phi) is 6.81. The van der Waals surface area contributed by atoms with Gasteiger partial charge in [-0.1, -0.05) is 12.2 Å². The van der Waals surface area contributed by atoms with Crippen molar-refractivity contribution >= 4 is 17.5 Å². The average Bonchev–Trinajstić information content (AvgIpc) is 3.14. The number of nitrogens with one attached hydrogen (secondary N) is 1. The molecule has 2 amide bonds. The Hall–Kier alpha value is -2.56. The van der Waals surface area contributed by atoms with Gasteiger partial charge in [-0.05, 0) is 43.5 Å². The van der Waals surface area contributed by atoms with Crippen LogP contribution in [0.15, 0.2) is 43.5 Å². The van der Waals surface area contributed by atoms with Crippen LogP contribution in [0.1, 0.15) is 28.8 Å². The average molecular weight is 341 g/mol. The molecule has 5 heteroatoms. The number of hydrogen-bond acceptors (Lipinski definition) is 3. The van der Waals surface area contributed by atoms with Crippen LogP contribution in [-0.4, -0.2) is 54.3 Å². The van der Waals surface area contributed by atoms with Gasteiger partial charge in [-0.15, -0.1) is 13.2 Å². The summed E-state index contributed by atoms with van der Waals surface area (Å²) in [5.41, 5.74) is 2.52. The molecule has 1 aromatic rings. The van der Waals surface area contributed by atoms with Gasteiger partial charge in [0.1, 0.15) is 0 Å². The Bertz CT molecular complexity index is 638. The zero-order valence-electron chi connectivity index (χ0n) is 15.0. The molecule has 0 aromatic heterocycles. The normalized spacial score (nSPS) is 13.4. The monoisotopic (exact) mass is 341 g/mol. The number of likely N-dealkylation sites (tertiary alicyclic amines) is 1. The van der Waals surface area contributed by atoms with E-state index in [2.05, 4.69) is 18.5 Å². The van der Waals surface area contributed by atoms with Gasteiger partial charge in [-0.2, -0.15) is 0 Å². The molecule has 1 aromatic carbocycles. The smallest absolute Gasteiger partial charge is 0.253 e. The number of aryl methyl sites for hydroxylation is 1. The molecule has 25 heavy (non-hydrogen) atoms. The van der Waals surface area contributed by atoms with Crippen molar-refractivity contribution in [2.24, 2.45) is 0 Å². The molecule has 2 rings (SSSR count). The summed E-state index contributed by atoms with van der Waals surface area (Å²) < 4.78 is 0. The topological polar surface area (TPSA) is 52.7 Å². The van der Waals surface area contributed by atoms with Gasteiger partial charge in [0.15, 0.2) is 0 Å². The van der Waals surface area contributed by atoms with Crippen molar-refractivity contribution in [1.29, 1.82) is 0 Å². The molecule has 0 aliphatic carbocycles. The van der Waals surface area contributed by atoms with Gasteiger partial charge in [0.25, 0.3) is 5.91 Å². The van der Waals surface area contributed by atoms with Crippen LogP contribution in [0.3, 0.4) is 0 Å². The molecule has 0 atom stereocenters. The van der Waals surface area contributed by atoms with Crippen molar-refractivity contribution in [2.45, 2.75) is 19.8 Å². The summed E-state index contributed by atoms with van der Waals surface area (Å²) in [6.45, 7) is 12.2. The van der Waals surface area contributed by atoms with Crippen LogP contribution in [0.2, 0.25) is 0 Å². The van der Waals surface area contributed by atoms with E-state index in [0.29, 0.717) is 18.7 Å². The van der Waals surface area contributed by atoms with Crippen molar-refractivity contribution in [3.63, 3.8) is 0 Å². The van der Waals surface area contributed by atoms with Crippen LogP contribution < -0.4 is 5.32 Å². The molecular formula is C20H27N3O2.